The molecule has 4 radical (unpaired) electrons. The van der Waals surface area contributed by atoms with Crippen LogP contribution in [0.1, 0.15) is 54.0 Å². The number of fused-ring (bicyclic) bond motifs is 2. The molecule has 0 bridgehead atoms. The normalized spacial score (nSPS) is 18.9. The summed E-state index contributed by atoms with van der Waals surface area (Å²) in [5, 5.41) is 2.90. The minimum atomic E-state index is -3.38. The molecule has 17 heteroatoms. The van der Waals surface area contributed by atoms with E-state index in [0.29, 0.717) is 17.7 Å². The first kappa shape index (κ1) is 46.8. The Kier molecular flexibility index (Phi) is 15.2. The van der Waals surface area contributed by atoms with Crippen LogP contribution < -0.4 is 25.3 Å². The molecule has 2 aliphatic rings. The van der Waals surface area contributed by atoms with Crippen molar-refractivity contribution in [2.24, 2.45) is 11.8 Å². The van der Waals surface area contributed by atoms with Crippen LogP contribution in [0.4, 0.5) is 10.5 Å². The molecule has 3 N–H and O–H groups in total. The fourth-order valence-electron chi connectivity index (χ4n) is 9.63. The molecule has 1 saturated heterocycles. The van der Waals surface area contributed by atoms with E-state index in [2.05, 4.69) is 50.7 Å². The molecule has 0 aromatic heterocycles. The number of carbonyl (C=O) groups excluding carboxylic acids is 3. The Bertz CT molecular complexity index is 2190. The second-order valence-corrected chi connectivity index (χ2v) is 26.6. The number of hydrogen-bond acceptors (Lipinski definition) is 9. The van der Waals surface area contributed by atoms with Gasteiger partial charge in [-0.25, -0.2) is 9.59 Å². The zero-order chi connectivity index (χ0) is 44.1. The average Bonchev–Trinajstić information content (AvgIpc) is 3.52. The first-order chi connectivity index (χ1) is 29.2. The average molecular weight is 893 g/mol. The van der Waals surface area contributed by atoms with Gasteiger partial charge < -0.3 is 33.2 Å². The summed E-state index contributed by atoms with van der Waals surface area (Å²) in [4.78, 5) is 63.2. The molecule has 61 heavy (non-hydrogen) atoms. The summed E-state index contributed by atoms with van der Waals surface area (Å²) in [7, 11) is 4.54. The summed E-state index contributed by atoms with van der Waals surface area (Å²) in [5.74, 6) is -1.75. The zero-order valence-electron chi connectivity index (χ0n) is 36.0. The van der Waals surface area contributed by atoms with Gasteiger partial charge in [-0.3, -0.25) is 9.69 Å². The van der Waals surface area contributed by atoms with Crippen LogP contribution in [0.15, 0.2) is 108 Å². The Hall–Kier alpha value is -3.65. The minimum Gasteiger partial charge on any atom is -0.428 e. The lowest BCUT2D eigenvalue weighted by atomic mass is 9.77. The maximum Gasteiger partial charge on any atom is 0.418 e. The molecule has 6 atom stereocenters. The van der Waals surface area contributed by atoms with E-state index in [1.807, 2.05) is 105 Å². The first-order valence-corrected chi connectivity index (χ1v) is 27.2. The summed E-state index contributed by atoms with van der Waals surface area (Å²) < 4.78 is 18.0. The number of nitrogens with one attached hydrogen (secondary N) is 2. The maximum atomic E-state index is 14.2. The lowest BCUT2D eigenvalue weighted by molar-refractivity contribution is -0.161. The molecule has 0 saturated carbocycles. The Balaban J connectivity index is 1.42. The highest BCUT2D eigenvalue weighted by Gasteiger charge is 2.61. The van der Waals surface area contributed by atoms with E-state index in [-0.39, 0.29) is 36.2 Å². The highest BCUT2D eigenvalue weighted by molar-refractivity contribution is 7.32. The predicted molar refractivity (Wildman–Crippen MR) is 254 cm³/mol. The minimum absolute atomic E-state index is 0.0814. The van der Waals surface area contributed by atoms with Crippen LogP contribution in [0, 0.1) is 11.8 Å². The molecule has 0 aliphatic carbocycles. The number of anilines is 1. The molecule has 0 spiro atoms. The molecule has 2 unspecified atom stereocenters. The van der Waals surface area contributed by atoms with Crippen molar-refractivity contribution in [1.82, 2.24) is 14.9 Å². The van der Waals surface area contributed by atoms with Crippen molar-refractivity contribution in [2.45, 2.75) is 90.2 Å². The summed E-state index contributed by atoms with van der Waals surface area (Å²) >= 11 is 0. The summed E-state index contributed by atoms with van der Waals surface area (Å²) in [5.41, 5.74) is 2.19. The van der Waals surface area contributed by atoms with Crippen LogP contribution in [-0.4, -0.2) is 79.0 Å². The number of benzene rings is 4. The topological polar surface area (TPSA) is 130 Å². The van der Waals surface area contributed by atoms with Gasteiger partial charge in [0.15, 0.2) is 24.3 Å². The molecule has 6 rings (SSSR count). The molecule has 318 valence electrons. The fraction of sp³-hybridized carbons (Fsp3) is 0.386. The predicted octanol–water partition coefficient (Wildman–Crippen LogP) is 6.91. The second kappa shape index (κ2) is 19.8. The Morgan fingerprint density at radius 3 is 1.98 bits per heavy atom. The largest absolute Gasteiger partial charge is 0.428 e. The molecule has 2 amide bonds. The molecule has 11 nitrogen and oxygen atoms in total. The third kappa shape index (κ3) is 8.95. The second-order valence-electron chi connectivity index (χ2n) is 16.6. The number of β-lactam (4-membered cyclic amide) rings is 1. The molecule has 1 fully saturated rings. The number of nitrogens with zero attached hydrogens (tertiary/aromatic N) is 2. The van der Waals surface area contributed by atoms with Gasteiger partial charge in [0.25, 0.3) is 8.32 Å². The maximum absolute atomic E-state index is 14.2. The Morgan fingerprint density at radius 1 is 0.852 bits per heavy atom. The standard InChI is InChI=1S/C44H56B2N4O7P2Si2/c1-8-60(9-2,10-3)57-30(5)38-39-29(4)36(40(50(39)41(38)51)42(52)55-58-47-45)28-49(43(53)56-59-48-46)37-26-18-24-34-31(19-17-25-35(34)37)27-44(6,7)61(54,32-20-13-11-14-21-32)33-22-15-12-16-23-33/h11-26,29-30,38-39,47-48,54,58-59H,8-10,27-28H2,1-7H3/t29-,30+,38+,39+/m0/s1. The Labute approximate surface area is 368 Å². The molecular formula is C44H56B2N4O7P2Si2. The van der Waals surface area contributed by atoms with E-state index < -0.39 is 57.6 Å². The van der Waals surface area contributed by atoms with E-state index in [1.54, 1.807) is 0 Å². The Morgan fingerprint density at radius 2 is 1.41 bits per heavy atom. The monoisotopic (exact) mass is 892 g/mol. The van der Waals surface area contributed by atoms with Crippen molar-refractivity contribution in [3.8, 4) is 0 Å². The van der Waals surface area contributed by atoms with Crippen LogP contribution in [0.25, 0.3) is 10.8 Å². The van der Waals surface area contributed by atoms with Crippen LogP contribution in [0.5, 0.6) is 0 Å². The number of amides is 2. The van der Waals surface area contributed by atoms with Gasteiger partial charge in [-0.2, -0.15) is 0 Å². The smallest absolute Gasteiger partial charge is 0.418 e. The van der Waals surface area contributed by atoms with Gasteiger partial charge >= 0.3 is 12.1 Å². The quantitative estimate of drug-likeness (QED) is 0.0523. The van der Waals surface area contributed by atoms with E-state index in [9.17, 15) is 19.2 Å². The summed E-state index contributed by atoms with van der Waals surface area (Å²) in [6.45, 7) is 14.6. The third-order valence-electron chi connectivity index (χ3n) is 13.1. The molecule has 2 aliphatic heterocycles. The number of carbonyl (C=O) groups is 3. The van der Waals surface area contributed by atoms with Gasteiger partial charge in [-0.15, -0.1) is 0 Å². The number of hydrogen-bond donors (Lipinski definition) is 3. The van der Waals surface area contributed by atoms with Crippen LogP contribution in [0.2, 0.25) is 23.2 Å². The van der Waals surface area contributed by atoms with Gasteiger partial charge in [-0.1, -0.05) is 133 Å². The molecule has 2 heterocycles. The SMILES string of the molecule is [B]NPOC(=O)C1=C(CN(C(=O)OPN[B])c2cccc3c(CC(C)(C)[Si](O)(c4ccccc4)c4ccccc4)cccc23)[C@H](C)[C@@H]2[C@@H]([C@@H](C)O[Si](CC)(CC)CC)C(=O)N12. The van der Waals surface area contributed by atoms with E-state index >= 15 is 0 Å². The van der Waals surface area contributed by atoms with E-state index in [4.69, 9.17) is 29.4 Å². The zero-order valence-corrected chi connectivity index (χ0v) is 40.0. The van der Waals surface area contributed by atoms with E-state index in [1.165, 1.54) is 9.80 Å². The van der Waals surface area contributed by atoms with Gasteiger partial charge in [-0.05, 0) is 69.5 Å². The van der Waals surface area contributed by atoms with Crippen molar-refractivity contribution in [3.05, 3.63) is 114 Å². The summed E-state index contributed by atoms with van der Waals surface area (Å²) in [6.07, 6.45) is -0.536. The first-order valence-electron chi connectivity index (χ1n) is 20.9. The molecule has 4 aromatic carbocycles. The number of rotatable bonds is 19. The van der Waals surface area contributed by atoms with Crippen molar-refractivity contribution in [2.75, 3.05) is 11.4 Å². The van der Waals surface area contributed by atoms with Crippen molar-refractivity contribution in [1.29, 1.82) is 0 Å². The van der Waals surface area contributed by atoms with E-state index in [0.717, 1.165) is 44.8 Å². The molecular weight excluding hydrogens is 836 g/mol. The third-order valence-corrected chi connectivity index (χ3v) is 23.1. The lowest BCUT2D eigenvalue weighted by Gasteiger charge is -2.49. The van der Waals surface area contributed by atoms with Crippen LogP contribution >= 0.6 is 17.9 Å². The van der Waals surface area contributed by atoms with Crippen molar-refractivity contribution < 1.29 is 32.7 Å². The van der Waals surface area contributed by atoms with Gasteiger partial charge in [0.05, 0.1) is 30.3 Å². The summed E-state index contributed by atoms with van der Waals surface area (Å²) in [6, 6.07) is 34.0. The lowest BCUT2D eigenvalue weighted by Crippen LogP contribution is -2.65. The highest BCUT2D eigenvalue weighted by atomic mass is 31.1. The van der Waals surface area contributed by atoms with Gasteiger partial charge in [0, 0.05) is 11.3 Å². The fourth-order valence-corrected chi connectivity index (χ4v) is 16.8. The van der Waals surface area contributed by atoms with Gasteiger partial charge in [0.2, 0.25) is 5.91 Å². The highest BCUT2D eigenvalue weighted by Crippen LogP contribution is 2.50. The molecule has 4 aromatic rings. The van der Waals surface area contributed by atoms with Crippen LogP contribution in [0.3, 0.4) is 0 Å². The van der Waals surface area contributed by atoms with Gasteiger partial charge in [0.1, 0.15) is 23.6 Å². The van der Waals surface area contributed by atoms with Crippen molar-refractivity contribution in [3.63, 3.8) is 0 Å². The van der Waals surface area contributed by atoms with Crippen molar-refractivity contribution >= 4 is 95.3 Å². The van der Waals surface area contributed by atoms with Crippen LogP contribution in [-0.2, 0) is 29.5 Å².